The molecule has 0 fully saturated rings. The Bertz CT molecular complexity index is 685. The fourth-order valence-corrected chi connectivity index (χ4v) is 2.20. The molecule has 0 unspecified atom stereocenters. The van der Waals surface area contributed by atoms with Crippen LogP contribution in [-0.4, -0.2) is 38.5 Å². The standard InChI is InChI=1S/C19H20O5/c1-22-16-9-6-10-17(23-2)18(16)19(21)24-13-15(12-20)11-14-7-4-3-5-8-14/h3-11,20H,12-13H2,1-2H3/b15-11+. The molecule has 0 heterocycles. The first kappa shape index (κ1) is 17.6. The molecule has 0 amide bonds. The maximum atomic E-state index is 12.4. The van der Waals surface area contributed by atoms with E-state index in [4.69, 9.17) is 14.2 Å². The van der Waals surface area contributed by atoms with Crippen LogP contribution in [0.15, 0.2) is 54.1 Å². The molecule has 0 spiro atoms. The van der Waals surface area contributed by atoms with Gasteiger partial charge >= 0.3 is 5.97 Å². The Hall–Kier alpha value is -2.79. The molecule has 0 aliphatic carbocycles. The molecule has 0 bridgehead atoms. The third kappa shape index (κ3) is 4.36. The number of carbonyl (C=O) groups is 1. The summed E-state index contributed by atoms with van der Waals surface area (Å²) in [6, 6.07) is 14.5. The van der Waals surface area contributed by atoms with Crippen molar-refractivity contribution >= 4 is 12.0 Å². The highest BCUT2D eigenvalue weighted by Crippen LogP contribution is 2.29. The Morgan fingerprint density at radius 1 is 1.00 bits per heavy atom. The first-order valence-corrected chi connectivity index (χ1v) is 7.43. The third-order valence-electron chi connectivity index (χ3n) is 3.39. The summed E-state index contributed by atoms with van der Waals surface area (Å²) in [5.41, 5.74) is 1.73. The molecule has 2 rings (SSSR count). The first-order chi connectivity index (χ1) is 11.7. The fraction of sp³-hybridized carbons (Fsp3) is 0.211. The van der Waals surface area contributed by atoms with Crippen LogP contribution in [-0.2, 0) is 4.74 Å². The number of aliphatic hydroxyl groups excluding tert-OH is 1. The summed E-state index contributed by atoms with van der Waals surface area (Å²) < 4.78 is 15.7. The van der Waals surface area contributed by atoms with Crippen molar-refractivity contribution in [2.24, 2.45) is 0 Å². The lowest BCUT2D eigenvalue weighted by Gasteiger charge is -2.13. The van der Waals surface area contributed by atoms with E-state index in [1.54, 1.807) is 24.3 Å². The summed E-state index contributed by atoms with van der Waals surface area (Å²) in [6.07, 6.45) is 1.78. The zero-order valence-electron chi connectivity index (χ0n) is 13.7. The van der Waals surface area contributed by atoms with Crippen LogP contribution >= 0.6 is 0 Å². The number of hydrogen-bond donors (Lipinski definition) is 1. The van der Waals surface area contributed by atoms with Gasteiger partial charge in [0.25, 0.3) is 0 Å². The molecule has 2 aromatic carbocycles. The molecule has 0 saturated heterocycles. The maximum absolute atomic E-state index is 12.4. The third-order valence-corrected chi connectivity index (χ3v) is 3.39. The second-order valence-corrected chi connectivity index (χ2v) is 4.99. The van der Waals surface area contributed by atoms with Crippen molar-refractivity contribution in [1.82, 2.24) is 0 Å². The maximum Gasteiger partial charge on any atom is 0.346 e. The highest BCUT2D eigenvalue weighted by atomic mass is 16.5. The molecule has 0 atom stereocenters. The lowest BCUT2D eigenvalue weighted by molar-refractivity contribution is 0.0525. The summed E-state index contributed by atoms with van der Waals surface area (Å²) in [4.78, 5) is 12.4. The summed E-state index contributed by atoms with van der Waals surface area (Å²) in [7, 11) is 2.94. The average molecular weight is 328 g/mol. The molecule has 0 aromatic heterocycles. The zero-order chi connectivity index (χ0) is 17.4. The van der Waals surface area contributed by atoms with Crippen molar-refractivity contribution in [3.8, 4) is 11.5 Å². The fourth-order valence-electron chi connectivity index (χ4n) is 2.20. The van der Waals surface area contributed by atoms with Crippen LogP contribution < -0.4 is 9.47 Å². The van der Waals surface area contributed by atoms with Crippen molar-refractivity contribution in [3.05, 3.63) is 65.2 Å². The van der Waals surface area contributed by atoms with E-state index in [0.29, 0.717) is 17.1 Å². The zero-order valence-corrected chi connectivity index (χ0v) is 13.7. The molecule has 5 nitrogen and oxygen atoms in total. The Morgan fingerprint density at radius 3 is 2.17 bits per heavy atom. The molecule has 24 heavy (non-hydrogen) atoms. The molecule has 2 aromatic rings. The normalized spacial score (nSPS) is 11.0. The largest absolute Gasteiger partial charge is 0.496 e. The number of rotatable bonds is 7. The summed E-state index contributed by atoms with van der Waals surface area (Å²) >= 11 is 0. The molecule has 0 saturated carbocycles. The van der Waals surface area contributed by atoms with Gasteiger partial charge in [-0.1, -0.05) is 42.5 Å². The number of hydrogen-bond acceptors (Lipinski definition) is 5. The molecular formula is C19H20O5. The lowest BCUT2D eigenvalue weighted by atomic mass is 10.1. The number of methoxy groups -OCH3 is 2. The van der Waals surface area contributed by atoms with Gasteiger partial charge in [-0.25, -0.2) is 4.79 Å². The Labute approximate surface area is 141 Å². The molecule has 5 heteroatoms. The molecular weight excluding hydrogens is 308 g/mol. The van der Waals surface area contributed by atoms with E-state index < -0.39 is 5.97 Å². The van der Waals surface area contributed by atoms with Gasteiger partial charge in [0.2, 0.25) is 0 Å². The molecule has 0 radical (unpaired) electrons. The van der Waals surface area contributed by atoms with Gasteiger partial charge in [-0.3, -0.25) is 0 Å². The van der Waals surface area contributed by atoms with Crippen molar-refractivity contribution in [3.63, 3.8) is 0 Å². The summed E-state index contributed by atoms with van der Waals surface area (Å²) in [5.74, 6) is 0.172. The van der Waals surface area contributed by atoms with Crippen LogP contribution in [0.25, 0.3) is 6.08 Å². The second-order valence-electron chi connectivity index (χ2n) is 4.99. The van der Waals surface area contributed by atoms with E-state index in [0.717, 1.165) is 5.56 Å². The van der Waals surface area contributed by atoms with Crippen LogP contribution in [0.5, 0.6) is 11.5 Å². The molecule has 126 valence electrons. The predicted octanol–water partition coefficient (Wildman–Crippen LogP) is 2.94. The molecule has 0 aliphatic heterocycles. The van der Waals surface area contributed by atoms with E-state index >= 15 is 0 Å². The van der Waals surface area contributed by atoms with Gasteiger partial charge < -0.3 is 19.3 Å². The van der Waals surface area contributed by atoms with Crippen LogP contribution in [0.2, 0.25) is 0 Å². The number of carbonyl (C=O) groups excluding carboxylic acids is 1. The van der Waals surface area contributed by atoms with Gasteiger partial charge in [-0.2, -0.15) is 0 Å². The van der Waals surface area contributed by atoms with Gasteiger partial charge in [0, 0.05) is 0 Å². The Morgan fingerprint density at radius 2 is 1.62 bits per heavy atom. The van der Waals surface area contributed by atoms with Crippen molar-refractivity contribution in [2.45, 2.75) is 0 Å². The van der Waals surface area contributed by atoms with Gasteiger partial charge in [-0.15, -0.1) is 0 Å². The quantitative estimate of drug-likeness (QED) is 0.792. The van der Waals surface area contributed by atoms with Crippen LogP contribution in [0.1, 0.15) is 15.9 Å². The van der Waals surface area contributed by atoms with E-state index in [1.807, 2.05) is 30.3 Å². The Kier molecular flexibility index (Phi) is 6.40. The van der Waals surface area contributed by atoms with Crippen molar-refractivity contribution < 1.29 is 24.1 Å². The van der Waals surface area contributed by atoms with E-state index in [-0.39, 0.29) is 18.8 Å². The molecule has 0 aliphatic rings. The number of aliphatic hydroxyl groups is 1. The first-order valence-electron chi connectivity index (χ1n) is 7.43. The van der Waals surface area contributed by atoms with Crippen molar-refractivity contribution in [1.29, 1.82) is 0 Å². The SMILES string of the molecule is COc1cccc(OC)c1C(=O)OC/C(=C/c1ccccc1)CO. The van der Waals surface area contributed by atoms with Gasteiger partial charge in [-0.05, 0) is 23.3 Å². The Balaban J connectivity index is 2.14. The minimum absolute atomic E-state index is 0.0224. The van der Waals surface area contributed by atoms with Gasteiger partial charge in [0.1, 0.15) is 23.7 Å². The van der Waals surface area contributed by atoms with Gasteiger partial charge in [0.05, 0.1) is 20.8 Å². The van der Waals surface area contributed by atoms with E-state index in [2.05, 4.69) is 0 Å². The highest BCUT2D eigenvalue weighted by molar-refractivity contribution is 5.95. The van der Waals surface area contributed by atoms with Crippen LogP contribution in [0.3, 0.4) is 0 Å². The highest BCUT2D eigenvalue weighted by Gasteiger charge is 2.19. The monoisotopic (exact) mass is 328 g/mol. The predicted molar refractivity (Wildman–Crippen MR) is 91.3 cm³/mol. The smallest absolute Gasteiger partial charge is 0.346 e. The van der Waals surface area contributed by atoms with E-state index in [1.165, 1.54) is 14.2 Å². The average Bonchev–Trinajstić information content (AvgIpc) is 2.64. The summed E-state index contributed by atoms with van der Waals surface area (Å²) in [5, 5.41) is 9.46. The topological polar surface area (TPSA) is 65.0 Å². The van der Waals surface area contributed by atoms with Crippen LogP contribution in [0, 0.1) is 0 Å². The minimum Gasteiger partial charge on any atom is -0.496 e. The van der Waals surface area contributed by atoms with Gasteiger partial charge in [0.15, 0.2) is 0 Å². The molecule has 1 N–H and O–H groups in total. The van der Waals surface area contributed by atoms with Crippen molar-refractivity contribution in [2.75, 3.05) is 27.4 Å². The number of esters is 1. The van der Waals surface area contributed by atoms with Crippen LogP contribution in [0.4, 0.5) is 0 Å². The number of ether oxygens (including phenoxy) is 3. The summed E-state index contributed by atoms with van der Waals surface area (Å²) in [6.45, 7) is -0.226. The number of benzene rings is 2. The lowest BCUT2D eigenvalue weighted by Crippen LogP contribution is -2.12. The second kappa shape index (κ2) is 8.74. The minimum atomic E-state index is -0.572. The van der Waals surface area contributed by atoms with E-state index in [9.17, 15) is 9.90 Å².